The minimum absolute atomic E-state index is 0.0902. The van der Waals surface area contributed by atoms with Gasteiger partial charge in [0, 0.05) is 31.4 Å². The van der Waals surface area contributed by atoms with Gasteiger partial charge in [-0.25, -0.2) is 4.79 Å². The standard InChI is InChI=1S/C17H19NO4S/c19-13-6-12(7-13)8-15(20)18-14(17(21)22)10-23-16(18)9-11-4-2-1-3-5-11/h1-5,12,14,16H,6-10H2,(H,21,22). The van der Waals surface area contributed by atoms with Gasteiger partial charge in [0.25, 0.3) is 0 Å². The highest BCUT2D eigenvalue weighted by Crippen LogP contribution is 2.35. The predicted molar refractivity (Wildman–Crippen MR) is 87.0 cm³/mol. The fourth-order valence-corrected chi connectivity index (χ4v) is 4.59. The number of benzene rings is 1. The fraction of sp³-hybridized carbons (Fsp3) is 0.471. The van der Waals surface area contributed by atoms with Crippen LogP contribution in [0, 0.1) is 5.92 Å². The molecule has 1 heterocycles. The monoisotopic (exact) mass is 333 g/mol. The van der Waals surface area contributed by atoms with E-state index in [0.29, 0.717) is 25.0 Å². The van der Waals surface area contributed by atoms with Crippen LogP contribution < -0.4 is 0 Å². The zero-order chi connectivity index (χ0) is 16.4. The smallest absolute Gasteiger partial charge is 0.327 e. The van der Waals surface area contributed by atoms with Crippen LogP contribution in [0.2, 0.25) is 0 Å². The molecule has 0 bridgehead atoms. The van der Waals surface area contributed by atoms with E-state index in [2.05, 4.69) is 0 Å². The first-order valence-electron chi connectivity index (χ1n) is 7.76. The lowest BCUT2D eigenvalue weighted by Gasteiger charge is -2.31. The molecule has 0 radical (unpaired) electrons. The molecule has 2 fully saturated rings. The van der Waals surface area contributed by atoms with Crippen LogP contribution in [0.5, 0.6) is 0 Å². The molecule has 6 heteroatoms. The Balaban J connectivity index is 1.71. The summed E-state index contributed by atoms with van der Waals surface area (Å²) in [4.78, 5) is 36.7. The zero-order valence-electron chi connectivity index (χ0n) is 12.7. The van der Waals surface area contributed by atoms with E-state index in [1.807, 2.05) is 30.3 Å². The maximum atomic E-state index is 12.6. The molecule has 3 rings (SSSR count). The van der Waals surface area contributed by atoms with E-state index in [4.69, 9.17) is 0 Å². The van der Waals surface area contributed by atoms with Gasteiger partial charge < -0.3 is 10.0 Å². The van der Waals surface area contributed by atoms with Crippen molar-refractivity contribution in [3.05, 3.63) is 35.9 Å². The number of ketones is 1. The van der Waals surface area contributed by atoms with Crippen molar-refractivity contribution >= 4 is 29.4 Å². The van der Waals surface area contributed by atoms with Crippen LogP contribution in [0.25, 0.3) is 0 Å². The number of aliphatic carboxylic acids is 1. The molecule has 2 aliphatic rings. The molecule has 1 amide bonds. The van der Waals surface area contributed by atoms with Crippen LogP contribution in [0.15, 0.2) is 30.3 Å². The molecule has 1 aromatic carbocycles. The second kappa shape index (κ2) is 6.74. The summed E-state index contributed by atoms with van der Waals surface area (Å²) in [5.74, 6) is -0.393. The lowest BCUT2D eigenvalue weighted by atomic mass is 9.81. The van der Waals surface area contributed by atoms with Crippen molar-refractivity contribution in [1.82, 2.24) is 4.90 Å². The van der Waals surface area contributed by atoms with Crippen molar-refractivity contribution in [2.45, 2.75) is 37.1 Å². The van der Waals surface area contributed by atoms with Gasteiger partial charge in [0.1, 0.15) is 11.8 Å². The summed E-state index contributed by atoms with van der Waals surface area (Å²) in [6.45, 7) is 0. The van der Waals surface area contributed by atoms with Crippen LogP contribution >= 0.6 is 11.8 Å². The molecule has 0 aromatic heterocycles. The fourth-order valence-electron chi connectivity index (χ4n) is 3.14. The molecule has 1 aliphatic carbocycles. The topological polar surface area (TPSA) is 74.7 Å². The number of rotatable bonds is 5. The SMILES string of the molecule is O=C1CC(CC(=O)N2C(Cc3ccccc3)SCC2C(=O)O)C1. The third-order valence-corrected chi connectivity index (χ3v) is 5.70. The number of carboxylic acids is 1. The maximum Gasteiger partial charge on any atom is 0.327 e. The normalized spacial score (nSPS) is 24.5. The van der Waals surface area contributed by atoms with Crippen LogP contribution in [-0.4, -0.2) is 44.8 Å². The predicted octanol–water partition coefficient (Wildman–Crippen LogP) is 1.95. The highest BCUT2D eigenvalue weighted by atomic mass is 32.2. The molecule has 23 heavy (non-hydrogen) atoms. The number of carboxylic acid groups (broad SMARTS) is 1. The molecule has 1 aromatic rings. The Labute approximate surface area is 139 Å². The molecule has 1 saturated heterocycles. The largest absolute Gasteiger partial charge is 0.480 e. The van der Waals surface area contributed by atoms with E-state index in [9.17, 15) is 19.5 Å². The third-order valence-electron chi connectivity index (χ3n) is 4.41. The number of hydrogen-bond acceptors (Lipinski definition) is 4. The van der Waals surface area contributed by atoms with Gasteiger partial charge in [-0.2, -0.15) is 0 Å². The summed E-state index contributed by atoms with van der Waals surface area (Å²) in [6, 6.07) is 9.02. The number of Topliss-reactive ketones (excluding diaryl/α,β-unsaturated/α-hetero) is 1. The summed E-state index contributed by atoms with van der Waals surface area (Å²) in [5.41, 5.74) is 1.09. The average Bonchev–Trinajstić information content (AvgIpc) is 2.90. The third kappa shape index (κ3) is 3.58. The first kappa shape index (κ1) is 16.1. The zero-order valence-corrected chi connectivity index (χ0v) is 13.5. The van der Waals surface area contributed by atoms with Gasteiger partial charge in [0.05, 0.1) is 5.37 Å². The van der Waals surface area contributed by atoms with Crippen molar-refractivity contribution in [3.8, 4) is 0 Å². The van der Waals surface area contributed by atoms with Gasteiger partial charge in [-0.1, -0.05) is 30.3 Å². The second-order valence-electron chi connectivity index (χ2n) is 6.15. The number of carbonyl (C=O) groups excluding carboxylic acids is 2. The minimum atomic E-state index is -0.953. The van der Waals surface area contributed by atoms with Gasteiger partial charge in [0.2, 0.25) is 5.91 Å². The molecule has 122 valence electrons. The lowest BCUT2D eigenvalue weighted by Crippen LogP contribution is -2.47. The van der Waals surface area contributed by atoms with Gasteiger partial charge in [0.15, 0.2) is 0 Å². The molecule has 1 saturated carbocycles. The Bertz CT molecular complexity index is 610. The van der Waals surface area contributed by atoms with Crippen molar-refractivity contribution < 1.29 is 19.5 Å². The van der Waals surface area contributed by atoms with Gasteiger partial charge in [-0.05, 0) is 11.5 Å². The Hall–Kier alpha value is -1.82. The van der Waals surface area contributed by atoms with Crippen LogP contribution in [0.3, 0.4) is 0 Å². The highest BCUT2D eigenvalue weighted by molar-refractivity contribution is 8.00. The van der Waals surface area contributed by atoms with E-state index in [1.165, 1.54) is 16.7 Å². The van der Waals surface area contributed by atoms with Crippen molar-refractivity contribution in [2.24, 2.45) is 5.92 Å². The molecule has 2 atom stereocenters. The van der Waals surface area contributed by atoms with Gasteiger partial charge in [-0.3, -0.25) is 9.59 Å². The summed E-state index contributed by atoms with van der Waals surface area (Å²) in [6.07, 6.45) is 1.83. The summed E-state index contributed by atoms with van der Waals surface area (Å²) >= 11 is 1.52. The van der Waals surface area contributed by atoms with Crippen LogP contribution in [0.4, 0.5) is 0 Å². The quantitative estimate of drug-likeness (QED) is 0.891. The average molecular weight is 333 g/mol. The molecule has 2 unspecified atom stereocenters. The Morgan fingerprint density at radius 1 is 1.22 bits per heavy atom. The van der Waals surface area contributed by atoms with E-state index in [0.717, 1.165) is 5.56 Å². The van der Waals surface area contributed by atoms with E-state index < -0.39 is 12.0 Å². The van der Waals surface area contributed by atoms with Gasteiger partial charge >= 0.3 is 5.97 Å². The van der Waals surface area contributed by atoms with Crippen LogP contribution in [-0.2, 0) is 20.8 Å². The van der Waals surface area contributed by atoms with Crippen LogP contribution in [0.1, 0.15) is 24.8 Å². The Kier molecular flexibility index (Phi) is 4.71. The van der Waals surface area contributed by atoms with E-state index >= 15 is 0 Å². The van der Waals surface area contributed by atoms with E-state index in [1.54, 1.807) is 0 Å². The second-order valence-corrected chi connectivity index (χ2v) is 7.36. The van der Waals surface area contributed by atoms with Crippen molar-refractivity contribution in [3.63, 3.8) is 0 Å². The summed E-state index contributed by atoms with van der Waals surface area (Å²) < 4.78 is 0. The molecular formula is C17H19NO4S. The molecular weight excluding hydrogens is 314 g/mol. The minimum Gasteiger partial charge on any atom is -0.480 e. The summed E-state index contributed by atoms with van der Waals surface area (Å²) in [5, 5.41) is 9.25. The first-order chi connectivity index (χ1) is 11.0. The number of nitrogens with zero attached hydrogens (tertiary/aromatic N) is 1. The number of hydrogen-bond donors (Lipinski definition) is 1. The van der Waals surface area contributed by atoms with E-state index in [-0.39, 0.29) is 29.4 Å². The number of carbonyl (C=O) groups is 3. The molecule has 1 N–H and O–H groups in total. The molecule has 5 nitrogen and oxygen atoms in total. The maximum absolute atomic E-state index is 12.6. The Morgan fingerprint density at radius 3 is 2.52 bits per heavy atom. The number of thioether (sulfide) groups is 1. The van der Waals surface area contributed by atoms with Gasteiger partial charge in [-0.15, -0.1) is 11.8 Å². The van der Waals surface area contributed by atoms with Crippen molar-refractivity contribution in [1.29, 1.82) is 0 Å². The molecule has 0 spiro atoms. The van der Waals surface area contributed by atoms with Crippen molar-refractivity contribution in [2.75, 3.05) is 5.75 Å². The first-order valence-corrected chi connectivity index (χ1v) is 8.80. The molecule has 1 aliphatic heterocycles. The summed E-state index contributed by atoms with van der Waals surface area (Å²) in [7, 11) is 0. The highest BCUT2D eigenvalue weighted by Gasteiger charge is 2.42. The number of amides is 1. The lowest BCUT2D eigenvalue weighted by molar-refractivity contribution is -0.150. The Morgan fingerprint density at radius 2 is 1.91 bits per heavy atom.